The van der Waals surface area contributed by atoms with Crippen LogP contribution in [0.5, 0.6) is 11.5 Å². The van der Waals surface area contributed by atoms with Gasteiger partial charge in [-0.25, -0.2) is 4.98 Å². The summed E-state index contributed by atoms with van der Waals surface area (Å²) in [6.07, 6.45) is 1.92. The molecule has 5 aromatic carbocycles. The van der Waals surface area contributed by atoms with E-state index in [2.05, 4.69) is 160 Å². The van der Waals surface area contributed by atoms with Crippen LogP contribution in [0, 0.1) is 0 Å². The standard InChI is InChI=1S/C45H42N4O2/c1-44(2,3)28-20-21-46-41(24-28)49-37-14-10-8-12-33(37)34-17-16-31(26-39(34)49)50-32-23-29(45(4,5)6)22-30(25-32)48-27-47(7)38-19-18-36-35-13-9-11-15-40(35)51-43(36)42(38)48/h8-26H,27H2,1-7H3. The second-order valence-electron chi connectivity index (χ2n) is 15.9. The van der Waals surface area contributed by atoms with E-state index in [1.54, 1.807) is 0 Å². The lowest BCUT2D eigenvalue weighted by Crippen LogP contribution is -2.24. The molecule has 9 rings (SSSR count). The molecule has 0 radical (unpaired) electrons. The van der Waals surface area contributed by atoms with Crippen LogP contribution >= 0.6 is 0 Å². The Morgan fingerprint density at radius 1 is 0.647 bits per heavy atom. The largest absolute Gasteiger partial charge is 0.457 e. The van der Waals surface area contributed by atoms with E-state index in [9.17, 15) is 0 Å². The smallest absolute Gasteiger partial charge is 0.161 e. The molecule has 51 heavy (non-hydrogen) atoms. The quantitative estimate of drug-likeness (QED) is 0.186. The molecule has 3 aromatic heterocycles. The molecule has 1 aliphatic heterocycles. The molecule has 1 aliphatic rings. The number of hydrogen-bond acceptors (Lipinski definition) is 5. The lowest BCUT2D eigenvalue weighted by atomic mass is 9.86. The zero-order valence-corrected chi connectivity index (χ0v) is 30.3. The summed E-state index contributed by atoms with van der Waals surface area (Å²) in [7, 11) is 2.14. The molecule has 0 unspecified atom stereocenters. The van der Waals surface area contributed by atoms with Gasteiger partial charge in [-0.15, -0.1) is 0 Å². The predicted octanol–water partition coefficient (Wildman–Crippen LogP) is 12.0. The predicted molar refractivity (Wildman–Crippen MR) is 212 cm³/mol. The van der Waals surface area contributed by atoms with Crippen LogP contribution in [0.1, 0.15) is 52.7 Å². The third kappa shape index (κ3) is 5.12. The van der Waals surface area contributed by atoms with Crippen molar-refractivity contribution in [3.05, 3.63) is 127 Å². The summed E-state index contributed by atoms with van der Waals surface area (Å²) in [5.41, 5.74) is 9.61. The summed E-state index contributed by atoms with van der Waals surface area (Å²) in [6, 6.07) is 38.6. The molecule has 8 aromatic rings. The van der Waals surface area contributed by atoms with Gasteiger partial charge in [-0.2, -0.15) is 0 Å². The van der Waals surface area contributed by atoms with Gasteiger partial charge in [0.25, 0.3) is 0 Å². The van der Waals surface area contributed by atoms with Crippen molar-refractivity contribution in [2.24, 2.45) is 0 Å². The monoisotopic (exact) mass is 670 g/mol. The van der Waals surface area contributed by atoms with Gasteiger partial charge in [0.15, 0.2) is 5.58 Å². The van der Waals surface area contributed by atoms with Crippen molar-refractivity contribution in [2.75, 3.05) is 23.5 Å². The summed E-state index contributed by atoms with van der Waals surface area (Å²) >= 11 is 0. The van der Waals surface area contributed by atoms with Gasteiger partial charge < -0.3 is 19.0 Å². The van der Waals surface area contributed by atoms with Gasteiger partial charge in [0.05, 0.1) is 23.4 Å². The van der Waals surface area contributed by atoms with Crippen LogP contribution in [0.25, 0.3) is 49.6 Å². The molecule has 254 valence electrons. The van der Waals surface area contributed by atoms with Crippen LogP contribution in [0.4, 0.5) is 17.1 Å². The Bertz CT molecular complexity index is 2650. The number of benzene rings is 5. The van der Waals surface area contributed by atoms with E-state index in [-0.39, 0.29) is 10.8 Å². The van der Waals surface area contributed by atoms with Gasteiger partial charge in [-0.05, 0) is 82.6 Å². The van der Waals surface area contributed by atoms with Crippen LogP contribution in [0.3, 0.4) is 0 Å². The van der Waals surface area contributed by atoms with E-state index in [1.807, 2.05) is 18.3 Å². The lowest BCUT2D eigenvalue weighted by molar-refractivity contribution is 0.479. The molecule has 0 bridgehead atoms. The minimum atomic E-state index is -0.103. The number of fused-ring (bicyclic) bond motifs is 8. The molecule has 6 heteroatoms. The first-order chi connectivity index (χ1) is 24.4. The maximum atomic E-state index is 6.84. The molecule has 0 fully saturated rings. The first-order valence-corrected chi connectivity index (χ1v) is 17.7. The maximum absolute atomic E-state index is 6.84. The van der Waals surface area contributed by atoms with Crippen molar-refractivity contribution < 1.29 is 9.15 Å². The zero-order valence-electron chi connectivity index (χ0n) is 30.3. The highest BCUT2D eigenvalue weighted by Gasteiger charge is 2.31. The molecule has 0 aliphatic carbocycles. The first kappa shape index (κ1) is 31.2. The topological polar surface area (TPSA) is 46.7 Å². The molecule has 0 spiro atoms. The number of rotatable bonds is 4. The minimum absolute atomic E-state index is 0.00134. The maximum Gasteiger partial charge on any atom is 0.161 e. The third-order valence-corrected chi connectivity index (χ3v) is 10.3. The molecule has 4 heterocycles. The molecular formula is C45H42N4O2. The Hall–Kier alpha value is -5.75. The number of nitrogens with zero attached hydrogens (tertiary/aromatic N) is 4. The lowest BCUT2D eigenvalue weighted by Gasteiger charge is -2.25. The SMILES string of the molecule is CN1CN(c2cc(Oc3ccc4c5ccccc5n(-c5cc(C(C)(C)C)ccn5)c4c3)cc(C(C)(C)C)c2)c2c1ccc1c2oc2ccccc21. The van der Waals surface area contributed by atoms with Gasteiger partial charge in [-0.3, -0.25) is 4.57 Å². The molecule has 0 saturated heterocycles. The molecule has 0 N–H and O–H groups in total. The van der Waals surface area contributed by atoms with E-state index in [1.165, 1.54) is 16.5 Å². The Kier molecular flexibility index (Phi) is 6.82. The van der Waals surface area contributed by atoms with E-state index in [0.717, 1.165) is 72.7 Å². The molecular weight excluding hydrogens is 629 g/mol. The Morgan fingerprint density at radius 2 is 1.37 bits per heavy atom. The number of hydrogen-bond donors (Lipinski definition) is 0. The van der Waals surface area contributed by atoms with E-state index in [4.69, 9.17) is 14.1 Å². The molecule has 0 saturated carbocycles. The van der Waals surface area contributed by atoms with Crippen LogP contribution in [-0.4, -0.2) is 23.3 Å². The zero-order chi connectivity index (χ0) is 35.2. The van der Waals surface area contributed by atoms with E-state index >= 15 is 0 Å². The first-order valence-electron chi connectivity index (χ1n) is 17.7. The van der Waals surface area contributed by atoms with Crippen molar-refractivity contribution in [1.29, 1.82) is 0 Å². The van der Waals surface area contributed by atoms with Gasteiger partial charge in [-0.1, -0.05) is 77.9 Å². The number of aromatic nitrogens is 2. The van der Waals surface area contributed by atoms with Crippen LogP contribution in [0.2, 0.25) is 0 Å². The minimum Gasteiger partial charge on any atom is -0.457 e. The fourth-order valence-corrected chi connectivity index (χ4v) is 7.54. The fourth-order valence-electron chi connectivity index (χ4n) is 7.54. The Balaban J connectivity index is 1.18. The normalized spacial score (nSPS) is 13.6. The number of ether oxygens (including phenoxy) is 1. The van der Waals surface area contributed by atoms with Crippen LogP contribution in [0.15, 0.2) is 120 Å². The third-order valence-electron chi connectivity index (χ3n) is 10.3. The summed E-state index contributed by atoms with van der Waals surface area (Å²) in [5, 5.41) is 4.61. The van der Waals surface area contributed by atoms with Crippen molar-refractivity contribution in [1.82, 2.24) is 9.55 Å². The average molecular weight is 671 g/mol. The number of pyridine rings is 1. The van der Waals surface area contributed by atoms with Crippen molar-refractivity contribution >= 4 is 60.8 Å². The highest BCUT2D eigenvalue weighted by atomic mass is 16.5. The summed E-state index contributed by atoms with van der Waals surface area (Å²) in [4.78, 5) is 9.51. The molecule has 0 amide bonds. The van der Waals surface area contributed by atoms with Gasteiger partial charge in [0, 0.05) is 52.6 Å². The van der Waals surface area contributed by atoms with Gasteiger partial charge in [0.2, 0.25) is 0 Å². The summed E-state index contributed by atoms with van der Waals surface area (Å²) in [6.45, 7) is 14.2. The van der Waals surface area contributed by atoms with Crippen molar-refractivity contribution in [3.8, 4) is 17.3 Å². The van der Waals surface area contributed by atoms with Crippen molar-refractivity contribution in [2.45, 2.75) is 52.4 Å². The summed E-state index contributed by atoms with van der Waals surface area (Å²) in [5.74, 6) is 2.46. The fraction of sp³-hybridized carbons (Fsp3) is 0.222. The van der Waals surface area contributed by atoms with Crippen LogP contribution in [-0.2, 0) is 10.8 Å². The Labute approximate surface area is 298 Å². The van der Waals surface area contributed by atoms with Gasteiger partial charge in [0.1, 0.15) is 28.6 Å². The average Bonchev–Trinajstić information content (AvgIpc) is 3.76. The van der Waals surface area contributed by atoms with E-state index < -0.39 is 0 Å². The second-order valence-corrected chi connectivity index (χ2v) is 15.9. The highest BCUT2D eigenvalue weighted by Crippen LogP contribution is 2.49. The number of furan rings is 1. The molecule has 0 atom stereocenters. The highest BCUT2D eigenvalue weighted by molar-refractivity contribution is 6.13. The molecule has 6 nitrogen and oxygen atoms in total. The number of para-hydroxylation sites is 2. The number of anilines is 3. The van der Waals surface area contributed by atoms with E-state index in [0.29, 0.717) is 6.67 Å². The van der Waals surface area contributed by atoms with Crippen molar-refractivity contribution in [3.63, 3.8) is 0 Å². The Morgan fingerprint density at radius 3 is 2.18 bits per heavy atom. The second kappa shape index (κ2) is 11.1. The van der Waals surface area contributed by atoms with Gasteiger partial charge >= 0.3 is 0 Å². The van der Waals surface area contributed by atoms with Crippen LogP contribution < -0.4 is 14.5 Å². The summed E-state index contributed by atoms with van der Waals surface area (Å²) < 4.78 is 15.7.